The van der Waals surface area contributed by atoms with Crippen LogP contribution in [0.4, 0.5) is 5.82 Å². The molecule has 1 aliphatic rings. The van der Waals surface area contributed by atoms with Crippen LogP contribution in [0.5, 0.6) is 0 Å². The van der Waals surface area contributed by atoms with Crippen LogP contribution in [0.1, 0.15) is 37.0 Å². The van der Waals surface area contributed by atoms with E-state index in [0.717, 1.165) is 47.9 Å². The number of para-hydroxylation sites is 1. The highest BCUT2D eigenvalue weighted by molar-refractivity contribution is 5.91. The number of aromatic nitrogens is 1. The quantitative estimate of drug-likeness (QED) is 0.800. The summed E-state index contributed by atoms with van der Waals surface area (Å²) in [5, 5.41) is 1.03. The first-order valence-corrected chi connectivity index (χ1v) is 7.79. The van der Waals surface area contributed by atoms with Gasteiger partial charge in [0.15, 0.2) is 6.29 Å². The second kappa shape index (κ2) is 5.84. The molecule has 0 bridgehead atoms. The lowest BCUT2D eigenvalue weighted by Crippen LogP contribution is -2.36. The third-order valence-corrected chi connectivity index (χ3v) is 4.64. The van der Waals surface area contributed by atoms with Crippen molar-refractivity contribution in [2.75, 3.05) is 18.0 Å². The van der Waals surface area contributed by atoms with Gasteiger partial charge < -0.3 is 4.90 Å². The number of benzene rings is 1. The average molecular weight is 282 g/mol. The Kier molecular flexibility index (Phi) is 3.91. The van der Waals surface area contributed by atoms with E-state index in [-0.39, 0.29) is 0 Å². The third kappa shape index (κ3) is 2.78. The fraction of sp³-hybridized carbons (Fsp3) is 0.444. The van der Waals surface area contributed by atoms with Crippen LogP contribution in [0, 0.1) is 11.8 Å². The Labute approximate surface area is 126 Å². The highest BCUT2D eigenvalue weighted by Gasteiger charge is 2.24. The minimum Gasteiger partial charge on any atom is -0.356 e. The summed E-state index contributed by atoms with van der Waals surface area (Å²) in [4.78, 5) is 18.4. The molecule has 3 heteroatoms. The van der Waals surface area contributed by atoms with E-state index in [0.29, 0.717) is 5.56 Å². The molecule has 1 fully saturated rings. The highest BCUT2D eigenvalue weighted by Crippen LogP contribution is 2.29. The van der Waals surface area contributed by atoms with E-state index >= 15 is 0 Å². The molecule has 110 valence electrons. The number of hydrogen-bond acceptors (Lipinski definition) is 3. The maximum atomic E-state index is 11.4. The highest BCUT2D eigenvalue weighted by atomic mass is 16.1. The van der Waals surface area contributed by atoms with Gasteiger partial charge in [0.2, 0.25) is 0 Å². The van der Waals surface area contributed by atoms with Crippen molar-refractivity contribution in [2.45, 2.75) is 26.7 Å². The lowest BCUT2D eigenvalue weighted by molar-refractivity contribution is 0.112. The Hall–Kier alpha value is -1.90. The molecule has 0 radical (unpaired) electrons. The third-order valence-electron chi connectivity index (χ3n) is 4.64. The fourth-order valence-corrected chi connectivity index (χ4v) is 3.24. The van der Waals surface area contributed by atoms with Gasteiger partial charge in [-0.3, -0.25) is 4.79 Å². The van der Waals surface area contributed by atoms with Crippen LogP contribution >= 0.6 is 0 Å². The molecule has 0 saturated carbocycles. The summed E-state index contributed by atoms with van der Waals surface area (Å²) in [6, 6.07) is 9.94. The van der Waals surface area contributed by atoms with E-state index in [2.05, 4.69) is 18.7 Å². The van der Waals surface area contributed by atoms with E-state index in [1.807, 2.05) is 30.3 Å². The number of carbonyl (C=O) groups excluding carboxylic acids is 1. The molecule has 3 nitrogen and oxygen atoms in total. The number of hydrogen-bond donors (Lipinski definition) is 0. The summed E-state index contributed by atoms with van der Waals surface area (Å²) in [5.74, 6) is 2.38. The van der Waals surface area contributed by atoms with Crippen LogP contribution in [-0.4, -0.2) is 24.4 Å². The summed E-state index contributed by atoms with van der Waals surface area (Å²) in [7, 11) is 0. The number of carbonyl (C=O) groups is 1. The Bertz CT molecular complexity index is 643. The van der Waals surface area contributed by atoms with Gasteiger partial charge in [-0.25, -0.2) is 4.98 Å². The molecule has 0 N–H and O–H groups in total. The summed E-state index contributed by atoms with van der Waals surface area (Å²) in [6.45, 7) is 6.58. The lowest BCUT2D eigenvalue weighted by atomic mass is 9.86. The van der Waals surface area contributed by atoms with Gasteiger partial charge >= 0.3 is 0 Å². The molecule has 0 spiro atoms. The molecule has 1 aromatic carbocycles. The van der Waals surface area contributed by atoms with Gasteiger partial charge in [0, 0.05) is 18.5 Å². The molecular formula is C18H22N2O. The van der Waals surface area contributed by atoms with Crippen LogP contribution in [-0.2, 0) is 0 Å². The smallest absolute Gasteiger partial charge is 0.153 e. The first kappa shape index (κ1) is 14.1. The molecule has 0 atom stereocenters. The zero-order valence-electron chi connectivity index (χ0n) is 12.7. The topological polar surface area (TPSA) is 33.2 Å². The molecule has 0 aliphatic carbocycles. The summed E-state index contributed by atoms with van der Waals surface area (Å²) < 4.78 is 0. The second-order valence-corrected chi connectivity index (χ2v) is 6.28. The Morgan fingerprint density at radius 1 is 1.24 bits per heavy atom. The number of anilines is 1. The van der Waals surface area contributed by atoms with Crippen LogP contribution in [0.3, 0.4) is 0 Å². The van der Waals surface area contributed by atoms with Gasteiger partial charge in [-0.15, -0.1) is 0 Å². The molecule has 0 amide bonds. The largest absolute Gasteiger partial charge is 0.356 e. The van der Waals surface area contributed by atoms with Crippen molar-refractivity contribution in [1.29, 1.82) is 0 Å². The first-order valence-electron chi connectivity index (χ1n) is 7.79. The van der Waals surface area contributed by atoms with Gasteiger partial charge in [-0.1, -0.05) is 32.0 Å². The molecule has 1 aliphatic heterocycles. The van der Waals surface area contributed by atoms with E-state index in [9.17, 15) is 4.79 Å². The lowest BCUT2D eigenvalue weighted by Gasteiger charge is -2.35. The van der Waals surface area contributed by atoms with Gasteiger partial charge in [0.05, 0.1) is 11.1 Å². The molecule has 3 rings (SSSR count). The summed E-state index contributed by atoms with van der Waals surface area (Å²) >= 11 is 0. The van der Waals surface area contributed by atoms with Crippen LogP contribution in [0.15, 0.2) is 30.3 Å². The van der Waals surface area contributed by atoms with Gasteiger partial charge in [-0.05, 0) is 36.8 Å². The van der Waals surface area contributed by atoms with Crippen molar-refractivity contribution in [2.24, 2.45) is 11.8 Å². The predicted molar refractivity (Wildman–Crippen MR) is 86.9 cm³/mol. The van der Waals surface area contributed by atoms with Crippen molar-refractivity contribution in [3.63, 3.8) is 0 Å². The maximum absolute atomic E-state index is 11.4. The van der Waals surface area contributed by atoms with Crippen molar-refractivity contribution < 1.29 is 4.79 Å². The zero-order chi connectivity index (χ0) is 14.8. The Morgan fingerprint density at radius 3 is 2.62 bits per heavy atom. The van der Waals surface area contributed by atoms with E-state index < -0.39 is 0 Å². The van der Waals surface area contributed by atoms with Crippen LogP contribution in [0.25, 0.3) is 10.9 Å². The molecule has 2 heterocycles. The van der Waals surface area contributed by atoms with E-state index in [1.165, 1.54) is 12.8 Å². The number of aldehydes is 1. The maximum Gasteiger partial charge on any atom is 0.153 e. The van der Waals surface area contributed by atoms with Gasteiger partial charge in [0.25, 0.3) is 0 Å². The van der Waals surface area contributed by atoms with Crippen molar-refractivity contribution in [3.8, 4) is 0 Å². The van der Waals surface area contributed by atoms with Crippen molar-refractivity contribution in [1.82, 2.24) is 4.98 Å². The Morgan fingerprint density at radius 2 is 1.95 bits per heavy atom. The first-order chi connectivity index (χ1) is 10.2. The van der Waals surface area contributed by atoms with Crippen LogP contribution in [0.2, 0.25) is 0 Å². The minimum atomic E-state index is 0.705. The SMILES string of the molecule is CC(C)C1CCN(c2nc3ccccc3cc2C=O)CC1. The summed E-state index contributed by atoms with van der Waals surface area (Å²) in [6.07, 6.45) is 3.30. The summed E-state index contributed by atoms with van der Waals surface area (Å²) in [5.41, 5.74) is 1.67. The van der Waals surface area contributed by atoms with E-state index in [4.69, 9.17) is 4.98 Å². The van der Waals surface area contributed by atoms with Crippen molar-refractivity contribution >= 4 is 23.0 Å². The van der Waals surface area contributed by atoms with Gasteiger partial charge in [-0.2, -0.15) is 0 Å². The predicted octanol–water partition coefficient (Wildman–Crippen LogP) is 3.92. The second-order valence-electron chi connectivity index (χ2n) is 6.28. The molecule has 1 aromatic heterocycles. The number of piperidine rings is 1. The number of fused-ring (bicyclic) bond motifs is 1. The number of nitrogens with zero attached hydrogens (tertiary/aromatic N) is 2. The van der Waals surface area contributed by atoms with Crippen LogP contribution < -0.4 is 4.90 Å². The van der Waals surface area contributed by atoms with Crippen molar-refractivity contribution in [3.05, 3.63) is 35.9 Å². The molecular weight excluding hydrogens is 260 g/mol. The normalized spacial score (nSPS) is 16.6. The number of pyridine rings is 1. The van der Waals surface area contributed by atoms with Gasteiger partial charge in [0.1, 0.15) is 5.82 Å². The fourth-order valence-electron chi connectivity index (χ4n) is 3.24. The Balaban J connectivity index is 1.91. The minimum absolute atomic E-state index is 0.705. The standard InChI is InChI=1S/C18H22N2O/c1-13(2)14-7-9-20(10-8-14)18-16(12-21)11-15-5-3-4-6-17(15)19-18/h3-6,11-14H,7-10H2,1-2H3. The number of rotatable bonds is 3. The zero-order valence-corrected chi connectivity index (χ0v) is 12.7. The monoisotopic (exact) mass is 282 g/mol. The van der Waals surface area contributed by atoms with E-state index in [1.54, 1.807) is 0 Å². The average Bonchev–Trinajstić information content (AvgIpc) is 2.53. The molecule has 2 aromatic rings. The molecule has 1 saturated heterocycles. The molecule has 21 heavy (non-hydrogen) atoms. The molecule has 0 unspecified atom stereocenters.